The largest absolute Gasteiger partial charge is 0.316 e. The summed E-state index contributed by atoms with van der Waals surface area (Å²) in [4.78, 5) is 0. The first kappa shape index (κ1) is 13.8. The SMILES string of the molecule is Cc1nn(C)cc1C1CCNCC1c1cccc(Br)c1. The van der Waals surface area contributed by atoms with Crippen molar-refractivity contribution in [3.8, 4) is 0 Å². The molecule has 1 N–H and O–H groups in total. The number of benzene rings is 1. The van der Waals surface area contributed by atoms with Gasteiger partial charge < -0.3 is 5.32 Å². The summed E-state index contributed by atoms with van der Waals surface area (Å²) in [6, 6.07) is 8.70. The van der Waals surface area contributed by atoms with E-state index in [0.29, 0.717) is 11.8 Å². The second-order valence-corrected chi connectivity index (χ2v) is 6.52. The van der Waals surface area contributed by atoms with Crippen molar-refractivity contribution in [3.63, 3.8) is 0 Å². The van der Waals surface area contributed by atoms with E-state index in [2.05, 4.69) is 63.7 Å². The molecule has 1 saturated heterocycles. The van der Waals surface area contributed by atoms with Gasteiger partial charge in [0.2, 0.25) is 0 Å². The lowest BCUT2D eigenvalue weighted by molar-refractivity contribution is 0.403. The van der Waals surface area contributed by atoms with E-state index in [0.717, 1.165) is 17.6 Å². The van der Waals surface area contributed by atoms with Gasteiger partial charge in [-0.15, -0.1) is 0 Å². The molecule has 0 spiro atoms. The highest BCUT2D eigenvalue weighted by molar-refractivity contribution is 9.10. The molecule has 3 nitrogen and oxygen atoms in total. The third-order valence-corrected chi connectivity index (χ3v) is 4.70. The minimum atomic E-state index is 0.518. The monoisotopic (exact) mass is 333 g/mol. The Morgan fingerprint density at radius 1 is 1.35 bits per heavy atom. The predicted octanol–water partition coefficient (Wildman–Crippen LogP) is 3.35. The number of nitrogens with zero attached hydrogens (tertiary/aromatic N) is 2. The molecule has 1 aromatic heterocycles. The molecule has 2 aromatic rings. The number of piperidine rings is 1. The molecule has 106 valence electrons. The highest BCUT2D eigenvalue weighted by Gasteiger charge is 2.29. The fraction of sp³-hybridized carbons (Fsp3) is 0.438. The van der Waals surface area contributed by atoms with Crippen molar-refractivity contribution < 1.29 is 0 Å². The fourth-order valence-electron chi connectivity index (χ4n) is 3.30. The smallest absolute Gasteiger partial charge is 0.0628 e. The van der Waals surface area contributed by atoms with Gasteiger partial charge in [-0.1, -0.05) is 28.1 Å². The standard InChI is InChI=1S/C16H20BrN3/c1-11-16(10-20(2)19-11)14-6-7-18-9-15(14)12-4-3-5-13(17)8-12/h3-5,8,10,14-15,18H,6-7,9H2,1-2H3. The average Bonchev–Trinajstić information content (AvgIpc) is 2.78. The number of hydrogen-bond donors (Lipinski definition) is 1. The van der Waals surface area contributed by atoms with Gasteiger partial charge in [0.25, 0.3) is 0 Å². The van der Waals surface area contributed by atoms with Crippen LogP contribution >= 0.6 is 15.9 Å². The normalized spacial score (nSPS) is 22.9. The Hall–Kier alpha value is -1.13. The van der Waals surface area contributed by atoms with E-state index in [-0.39, 0.29) is 0 Å². The van der Waals surface area contributed by atoms with E-state index >= 15 is 0 Å². The highest BCUT2D eigenvalue weighted by atomic mass is 79.9. The summed E-state index contributed by atoms with van der Waals surface area (Å²) in [5.74, 6) is 1.07. The van der Waals surface area contributed by atoms with Gasteiger partial charge in [0.05, 0.1) is 5.69 Å². The summed E-state index contributed by atoms with van der Waals surface area (Å²) < 4.78 is 3.09. The van der Waals surface area contributed by atoms with Gasteiger partial charge in [0.1, 0.15) is 0 Å². The number of hydrogen-bond acceptors (Lipinski definition) is 2. The molecule has 2 heterocycles. The summed E-state index contributed by atoms with van der Waals surface area (Å²) in [6.07, 6.45) is 3.36. The molecule has 0 amide bonds. The van der Waals surface area contributed by atoms with Crippen LogP contribution in [-0.4, -0.2) is 22.9 Å². The molecule has 1 aliphatic rings. The number of rotatable bonds is 2. The molecule has 2 atom stereocenters. The molecular weight excluding hydrogens is 314 g/mol. The summed E-state index contributed by atoms with van der Waals surface area (Å²) in [5, 5.41) is 8.06. The molecule has 2 unspecified atom stereocenters. The maximum absolute atomic E-state index is 4.52. The Labute approximate surface area is 128 Å². The van der Waals surface area contributed by atoms with Crippen LogP contribution in [0.15, 0.2) is 34.9 Å². The lowest BCUT2D eigenvalue weighted by atomic mass is 9.77. The molecular formula is C16H20BrN3. The molecule has 1 fully saturated rings. The van der Waals surface area contributed by atoms with E-state index < -0.39 is 0 Å². The zero-order valence-electron chi connectivity index (χ0n) is 11.9. The quantitative estimate of drug-likeness (QED) is 0.913. The van der Waals surface area contributed by atoms with Crippen molar-refractivity contribution in [1.29, 1.82) is 0 Å². The number of aryl methyl sites for hydroxylation is 2. The summed E-state index contributed by atoms with van der Waals surface area (Å²) >= 11 is 3.59. The topological polar surface area (TPSA) is 29.9 Å². The van der Waals surface area contributed by atoms with Crippen molar-refractivity contribution in [2.45, 2.75) is 25.2 Å². The zero-order valence-corrected chi connectivity index (χ0v) is 13.5. The van der Waals surface area contributed by atoms with Crippen LogP contribution < -0.4 is 5.32 Å². The third-order valence-electron chi connectivity index (χ3n) is 4.21. The molecule has 1 aliphatic heterocycles. The van der Waals surface area contributed by atoms with Gasteiger partial charge in [-0.3, -0.25) is 4.68 Å². The Morgan fingerprint density at radius 3 is 2.90 bits per heavy atom. The van der Waals surface area contributed by atoms with E-state index in [1.165, 1.54) is 23.2 Å². The Morgan fingerprint density at radius 2 is 2.20 bits per heavy atom. The fourth-order valence-corrected chi connectivity index (χ4v) is 3.72. The van der Waals surface area contributed by atoms with Crippen LogP contribution in [0.3, 0.4) is 0 Å². The summed E-state index contributed by atoms with van der Waals surface area (Å²) in [7, 11) is 2.01. The van der Waals surface area contributed by atoms with E-state index in [9.17, 15) is 0 Å². The molecule has 20 heavy (non-hydrogen) atoms. The molecule has 3 rings (SSSR count). The van der Waals surface area contributed by atoms with E-state index in [1.54, 1.807) is 0 Å². The van der Waals surface area contributed by atoms with E-state index in [1.807, 2.05) is 11.7 Å². The molecule has 0 radical (unpaired) electrons. The van der Waals surface area contributed by atoms with Crippen molar-refractivity contribution in [2.24, 2.45) is 7.05 Å². The number of aromatic nitrogens is 2. The van der Waals surface area contributed by atoms with Crippen molar-refractivity contribution in [1.82, 2.24) is 15.1 Å². The van der Waals surface area contributed by atoms with Crippen LogP contribution in [0.25, 0.3) is 0 Å². The minimum Gasteiger partial charge on any atom is -0.316 e. The van der Waals surface area contributed by atoms with Gasteiger partial charge in [-0.2, -0.15) is 5.10 Å². The molecule has 0 bridgehead atoms. The highest BCUT2D eigenvalue weighted by Crippen LogP contribution is 2.38. The van der Waals surface area contributed by atoms with E-state index in [4.69, 9.17) is 0 Å². The van der Waals surface area contributed by atoms with Gasteiger partial charge >= 0.3 is 0 Å². The maximum atomic E-state index is 4.52. The molecule has 0 saturated carbocycles. The lowest BCUT2D eigenvalue weighted by Gasteiger charge is -2.32. The molecule has 1 aromatic carbocycles. The van der Waals surface area contributed by atoms with Crippen LogP contribution in [0.5, 0.6) is 0 Å². The van der Waals surface area contributed by atoms with Gasteiger partial charge in [-0.25, -0.2) is 0 Å². The molecule has 4 heteroatoms. The predicted molar refractivity (Wildman–Crippen MR) is 85.1 cm³/mol. The van der Waals surface area contributed by atoms with Crippen LogP contribution in [0.4, 0.5) is 0 Å². The van der Waals surface area contributed by atoms with Crippen molar-refractivity contribution in [3.05, 3.63) is 51.8 Å². The first-order valence-corrected chi connectivity index (χ1v) is 7.91. The average molecular weight is 334 g/mol. The first-order valence-electron chi connectivity index (χ1n) is 7.11. The first-order chi connectivity index (χ1) is 9.65. The Kier molecular flexibility index (Phi) is 3.94. The van der Waals surface area contributed by atoms with Crippen molar-refractivity contribution in [2.75, 3.05) is 13.1 Å². The summed E-state index contributed by atoms with van der Waals surface area (Å²) in [6.45, 7) is 4.24. The zero-order chi connectivity index (χ0) is 14.1. The third kappa shape index (κ3) is 2.67. The Bertz CT molecular complexity index is 606. The lowest BCUT2D eigenvalue weighted by Crippen LogP contribution is -2.34. The van der Waals surface area contributed by atoms with Crippen LogP contribution in [0, 0.1) is 6.92 Å². The second-order valence-electron chi connectivity index (χ2n) is 5.60. The van der Waals surface area contributed by atoms with Crippen LogP contribution in [-0.2, 0) is 7.05 Å². The van der Waals surface area contributed by atoms with Gasteiger partial charge in [0, 0.05) is 30.2 Å². The second kappa shape index (κ2) is 5.70. The maximum Gasteiger partial charge on any atom is 0.0628 e. The van der Waals surface area contributed by atoms with Crippen molar-refractivity contribution >= 4 is 15.9 Å². The van der Waals surface area contributed by atoms with Crippen LogP contribution in [0.2, 0.25) is 0 Å². The molecule has 0 aliphatic carbocycles. The van der Waals surface area contributed by atoms with Gasteiger partial charge in [0.15, 0.2) is 0 Å². The Balaban J connectivity index is 1.97. The number of nitrogens with one attached hydrogen (secondary N) is 1. The van der Waals surface area contributed by atoms with Crippen LogP contribution in [0.1, 0.15) is 35.1 Å². The summed E-state index contributed by atoms with van der Waals surface area (Å²) in [5.41, 5.74) is 3.97. The van der Waals surface area contributed by atoms with Gasteiger partial charge in [-0.05, 0) is 49.1 Å². The number of halogens is 1. The minimum absolute atomic E-state index is 0.518.